The first-order chi connectivity index (χ1) is 11.7. The van der Waals surface area contributed by atoms with E-state index in [0.717, 1.165) is 22.9 Å². The van der Waals surface area contributed by atoms with E-state index >= 15 is 0 Å². The molecule has 130 valence electrons. The Bertz CT molecular complexity index is 1070. The molecule has 0 saturated carbocycles. The molecule has 0 radical (unpaired) electrons. The molecular formula is C17H17N3O3S2. The highest BCUT2D eigenvalue weighted by Gasteiger charge is 2.13. The fourth-order valence-electron chi connectivity index (χ4n) is 2.36. The second-order valence-corrected chi connectivity index (χ2v) is 8.59. The van der Waals surface area contributed by atoms with Gasteiger partial charge < -0.3 is 4.98 Å². The third-order valence-electron chi connectivity index (χ3n) is 3.51. The van der Waals surface area contributed by atoms with Gasteiger partial charge in [0.25, 0.3) is 0 Å². The number of nitrogens with one attached hydrogen (secondary N) is 2. The summed E-state index contributed by atoms with van der Waals surface area (Å²) in [5.74, 6) is -0.0898. The third-order valence-corrected chi connectivity index (χ3v) is 5.04. The number of nitrogens with zero attached hydrogens (tertiary/aromatic N) is 1. The Hall–Kier alpha value is -2.32. The number of aromatic amines is 1. The van der Waals surface area contributed by atoms with Crippen molar-refractivity contribution in [3.63, 3.8) is 0 Å². The van der Waals surface area contributed by atoms with Crippen LogP contribution in [0.5, 0.6) is 0 Å². The smallest absolute Gasteiger partial charge is 0.229 e. The number of carbonyl (C=O) groups excluding carboxylic acids is 1. The second kappa shape index (κ2) is 6.53. The first-order valence-corrected chi connectivity index (χ1v) is 10.2. The van der Waals surface area contributed by atoms with Gasteiger partial charge in [-0.15, -0.1) is 0 Å². The zero-order chi connectivity index (χ0) is 18.2. The number of benzene rings is 2. The lowest BCUT2D eigenvalue weighted by Crippen LogP contribution is -2.10. The first kappa shape index (κ1) is 17.5. The highest BCUT2D eigenvalue weighted by molar-refractivity contribution is 7.99. The van der Waals surface area contributed by atoms with Crippen molar-refractivity contribution < 1.29 is 13.2 Å². The molecule has 0 spiro atoms. The van der Waals surface area contributed by atoms with Crippen molar-refractivity contribution in [3.8, 4) is 0 Å². The molecule has 0 atom stereocenters. The lowest BCUT2D eigenvalue weighted by Gasteiger charge is -2.10. The monoisotopic (exact) mass is 375 g/mol. The Balaban J connectivity index is 2.03. The van der Waals surface area contributed by atoms with Crippen LogP contribution in [0.25, 0.3) is 11.0 Å². The lowest BCUT2D eigenvalue weighted by molar-refractivity contribution is 0.101. The number of carbonyl (C=O) groups is 1. The summed E-state index contributed by atoms with van der Waals surface area (Å²) in [6, 6.07) is 10.7. The van der Waals surface area contributed by atoms with E-state index in [1.807, 2.05) is 25.1 Å². The highest BCUT2D eigenvalue weighted by Crippen LogP contribution is 2.34. The number of fused-ring (bicyclic) bond motifs is 1. The second-order valence-electron chi connectivity index (χ2n) is 5.81. The van der Waals surface area contributed by atoms with Crippen LogP contribution in [0.3, 0.4) is 0 Å². The molecule has 1 aromatic heterocycles. The van der Waals surface area contributed by atoms with E-state index in [4.69, 9.17) is 0 Å². The number of anilines is 1. The minimum atomic E-state index is -3.43. The predicted molar refractivity (Wildman–Crippen MR) is 99.9 cm³/mol. The van der Waals surface area contributed by atoms with Gasteiger partial charge in [-0.05, 0) is 61.5 Å². The van der Waals surface area contributed by atoms with Crippen molar-refractivity contribution in [2.45, 2.75) is 23.9 Å². The molecule has 8 heteroatoms. The number of rotatable bonds is 5. The van der Waals surface area contributed by atoms with Gasteiger partial charge in [0.15, 0.2) is 10.9 Å². The van der Waals surface area contributed by atoms with E-state index in [2.05, 4.69) is 14.7 Å². The van der Waals surface area contributed by atoms with Crippen LogP contribution < -0.4 is 4.72 Å². The Morgan fingerprint density at radius 2 is 1.96 bits per heavy atom. The Labute approximate surface area is 150 Å². The Morgan fingerprint density at radius 1 is 1.20 bits per heavy atom. The maximum absolute atomic E-state index is 11.7. The maximum Gasteiger partial charge on any atom is 0.229 e. The summed E-state index contributed by atoms with van der Waals surface area (Å²) in [6.07, 6.45) is 1.09. The van der Waals surface area contributed by atoms with Gasteiger partial charge in [0.1, 0.15) is 0 Å². The van der Waals surface area contributed by atoms with Crippen LogP contribution >= 0.6 is 11.8 Å². The summed E-state index contributed by atoms with van der Waals surface area (Å²) in [4.78, 5) is 20.0. The van der Waals surface area contributed by atoms with Gasteiger partial charge in [-0.1, -0.05) is 6.07 Å². The van der Waals surface area contributed by atoms with Crippen LogP contribution in [0.1, 0.15) is 22.8 Å². The zero-order valence-electron chi connectivity index (χ0n) is 14.0. The zero-order valence-corrected chi connectivity index (χ0v) is 15.6. The van der Waals surface area contributed by atoms with Gasteiger partial charge in [-0.25, -0.2) is 13.4 Å². The van der Waals surface area contributed by atoms with Crippen LogP contribution in [0.2, 0.25) is 0 Å². The van der Waals surface area contributed by atoms with Crippen molar-refractivity contribution >= 4 is 44.3 Å². The number of aromatic nitrogens is 2. The van der Waals surface area contributed by atoms with Crippen LogP contribution in [0.4, 0.5) is 5.69 Å². The molecule has 0 aliphatic heterocycles. The number of ketones is 1. The van der Waals surface area contributed by atoms with Gasteiger partial charge in [0, 0.05) is 10.5 Å². The van der Waals surface area contributed by atoms with Crippen molar-refractivity contribution in [2.75, 3.05) is 11.0 Å². The molecule has 3 aromatic rings. The van der Waals surface area contributed by atoms with Crippen molar-refractivity contribution in [3.05, 3.63) is 47.5 Å². The van der Waals surface area contributed by atoms with Gasteiger partial charge in [-0.3, -0.25) is 9.52 Å². The Morgan fingerprint density at radius 3 is 2.64 bits per heavy atom. The quantitative estimate of drug-likeness (QED) is 0.665. The fourth-order valence-corrected chi connectivity index (χ4v) is 3.93. The molecule has 0 aliphatic rings. The summed E-state index contributed by atoms with van der Waals surface area (Å²) in [7, 11) is -3.43. The molecule has 25 heavy (non-hydrogen) atoms. The number of hydrogen-bond acceptors (Lipinski definition) is 5. The molecule has 2 N–H and O–H groups in total. The van der Waals surface area contributed by atoms with E-state index < -0.39 is 10.0 Å². The summed E-state index contributed by atoms with van der Waals surface area (Å²) >= 11 is 1.27. The van der Waals surface area contributed by atoms with Gasteiger partial charge >= 0.3 is 0 Å². The van der Waals surface area contributed by atoms with Gasteiger partial charge in [0.2, 0.25) is 10.0 Å². The number of imidazole rings is 1. The van der Waals surface area contributed by atoms with Crippen LogP contribution in [0.15, 0.2) is 46.5 Å². The van der Waals surface area contributed by atoms with Crippen molar-refractivity contribution in [1.82, 2.24) is 9.97 Å². The lowest BCUT2D eigenvalue weighted by atomic mass is 10.1. The molecule has 0 fully saturated rings. The minimum Gasteiger partial charge on any atom is -0.333 e. The van der Waals surface area contributed by atoms with Crippen molar-refractivity contribution in [1.29, 1.82) is 0 Å². The van der Waals surface area contributed by atoms with Gasteiger partial charge in [-0.2, -0.15) is 0 Å². The highest BCUT2D eigenvalue weighted by atomic mass is 32.2. The standard InChI is InChI=1S/C17H17N3O3S2/c1-10-4-6-13-15(8-10)19-17(18-13)24-16-9-12(11(2)21)5-7-14(16)20-25(3,22)23/h4-9,20H,1-3H3,(H,18,19). The van der Waals surface area contributed by atoms with Crippen LogP contribution in [-0.4, -0.2) is 30.4 Å². The Kier molecular flexibility index (Phi) is 4.57. The third kappa shape index (κ3) is 4.21. The number of Topliss-reactive ketones (excluding diaryl/α,β-unsaturated/α-hetero) is 1. The van der Waals surface area contributed by atoms with Crippen LogP contribution in [-0.2, 0) is 10.0 Å². The molecule has 0 saturated heterocycles. The largest absolute Gasteiger partial charge is 0.333 e. The molecular weight excluding hydrogens is 358 g/mol. The minimum absolute atomic E-state index is 0.0898. The molecule has 1 heterocycles. The maximum atomic E-state index is 11.7. The molecule has 2 aromatic carbocycles. The molecule has 0 unspecified atom stereocenters. The molecule has 0 amide bonds. The predicted octanol–water partition coefficient (Wildman–Crippen LogP) is 3.60. The van der Waals surface area contributed by atoms with E-state index in [1.54, 1.807) is 18.2 Å². The number of sulfonamides is 1. The molecule has 3 rings (SSSR count). The van der Waals surface area contributed by atoms with Crippen LogP contribution in [0, 0.1) is 6.92 Å². The number of H-pyrrole nitrogens is 1. The first-order valence-electron chi connectivity index (χ1n) is 7.48. The van der Waals surface area contributed by atoms with E-state index in [1.165, 1.54) is 18.7 Å². The van der Waals surface area contributed by atoms with E-state index in [-0.39, 0.29) is 5.78 Å². The van der Waals surface area contributed by atoms with Gasteiger partial charge in [0.05, 0.1) is 23.0 Å². The number of aryl methyl sites for hydroxylation is 1. The molecule has 6 nitrogen and oxygen atoms in total. The number of hydrogen-bond donors (Lipinski definition) is 2. The van der Waals surface area contributed by atoms with Crippen molar-refractivity contribution in [2.24, 2.45) is 0 Å². The average molecular weight is 375 g/mol. The summed E-state index contributed by atoms with van der Waals surface area (Å²) in [5.41, 5.74) is 3.77. The summed E-state index contributed by atoms with van der Waals surface area (Å²) < 4.78 is 25.7. The molecule has 0 aliphatic carbocycles. The topological polar surface area (TPSA) is 91.9 Å². The summed E-state index contributed by atoms with van der Waals surface area (Å²) in [5, 5.41) is 0.623. The fraction of sp³-hybridized carbons (Fsp3) is 0.176. The SMILES string of the molecule is CC(=O)c1ccc(NS(C)(=O)=O)c(Sc2nc3ccc(C)cc3[nH]2)c1. The summed E-state index contributed by atoms with van der Waals surface area (Å²) in [6.45, 7) is 3.47. The average Bonchev–Trinajstić information content (AvgIpc) is 2.88. The normalized spacial score (nSPS) is 11.6. The molecule has 0 bridgehead atoms. The van der Waals surface area contributed by atoms with E-state index in [0.29, 0.717) is 21.3 Å². The van der Waals surface area contributed by atoms with E-state index in [9.17, 15) is 13.2 Å².